The van der Waals surface area contributed by atoms with Crippen molar-refractivity contribution in [1.82, 2.24) is 14.6 Å². The van der Waals surface area contributed by atoms with Gasteiger partial charge < -0.3 is 0 Å². The summed E-state index contributed by atoms with van der Waals surface area (Å²) in [5, 5.41) is 5.39. The number of halogens is 5. The van der Waals surface area contributed by atoms with Crippen LogP contribution in [0.3, 0.4) is 0 Å². The average molecular weight is 535 g/mol. The molecule has 0 saturated carbocycles. The maximum Gasteiger partial charge on any atom is 0.434 e. The third-order valence-corrected chi connectivity index (χ3v) is 7.30. The Labute approximate surface area is 206 Å². The minimum Gasteiger partial charge on any atom is -0.295 e. The molecule has 3 N–H and O–H groups in total. The molecule has 0 amide bonds. The Bertz CT molecular complexity index is 1240. The minimum absolute atomic E-state index is 0.108. The molecular formula is C22H23Cl2F3N4O2S. The van der Waals surface area contributed by atoms with Crippen molar-refractivity contribution in [2.75, 3.05) is 19.6 Å². The molecule has 1 aromatic heterocycles. The van der Waals surface area contributed by atoms with E-state index in [-0.39, 0.29) is 12.6 Å². The van der Waals surface area contributed by atoms with Gasteiger partial charge in [-0.15, -0.1) is 0 Å². The number of nitrogens with zero attached hydrogens (tertiary/aromatic N) is 2. The third-order valence-electron chi connectivity index (χ3n) is 6.19. The van der Waals surface area contributed by atoms with Gasteiger partial charge in [0.25, 0.3) is 10.2 Å². The Balaban J connectivity index is 1.50. The Kier molecular flexibility index (Phi) is 7.29. The molecule has 4 rings (SSSR count). The first-order chi connectivity index (χ1) is 15.9. The van der Waals surface area contributed by atoms with Crippen molar-refractivity contribution >= 4 is 39.0 Å². The van der Waals surface area contributed by atoms with Gasteiger partial charge in [-0.05, 0) is 78.8 Å². The first kappa shape index (κ1) is 25.4. The molecule has 0 fully saturated rings. The SMILES string of the molecule is NS(=O)(=O)NCC1C2=C(CCN1CCCc1ccc(Cl)c(C(F)(F)F)n1)c1cc(Cl)ccc1C2. The first-order valence-electron chi connectivity index (χ1n) is 10.7. The van der Waals surface area contributed by atoms with E-state index in [0.717, 1.165) is 23.1 Å². The molecule has 34 heavy (non-hydrogen) atoms. The molecule has 0 bridgehead atoms. The quantitative estimate of drug-likeness (QED) is 0.556. The highest BCUT2D eigenvalue weighted by atomic mass is 35.5. The topological polar surface area (TPSA) is 88.3 Å². The summed E-state index contributed by atoms with van der Waals surface area (Å²) < 4.78 is 64.9. The molecule has 0 spiro atoms. The van der Waals surface area contributed by atoms with Gasteiger partial charge >= 0.3 is 6.18 Å². The highest BCUT2D eigenvalue weighted by molar-refractivity contribution is 7.87. The summed E-state index contributed by atoms with van der Waals surface area (Å²) in [4.78, 5) is 5.84. The van der Waals surface area contributed by atoms with Crippen molar-refractivity contribution in [3.8, 4) is 0 Å². The fourth-order valence-electron chi connectivity index (χ4n) is 4.71. The summed E-state index contributed by atoms with van der Waals surface area (Å²) in [6.07, 6.45) is -2.30. The van der Waals surface area contributed by atoms with E-state index in [9.17, 15) is 21.6 Å². The number of nitrogens with two attached hydrogens (primary N) is 1. The lowest BCUT2D eigenvalue weighted by Crippen LogP contribution is -2.49. The van der Waals surface area contributed by atoms with E-state index in [1.165, 1.54) is 17.7 Å². The average Bonchev–Trinajstić information content (AvgIpc) is 3.10. The standard InChI is InChI=1S/C22H23Cl2F3N4O2S/c23-14-4-3-13-10-18-16(17(13)11-14)7-9-31(20(18)12-29-34(28,32)33)8-1-2-15-5-6-19(24)21(30-15)22(25,26)27/h3-6,11,20,29H,1-2,7-10,12H2,(H2,28,32,33). The van der Waals surface area contributed by atoms with Crippen LogP contribution in [0, 0.1) is 0 Å². The van der Waals surface area contributed by atoms with Gasteiger partial charge in [0.15, 0.2) is 5.69 Å². The maximum absolute atomic E-state index is 13.1. The number of aryl methyl sites for hydroxylation is 1. The van der Waals surface area contributed by atoms with E-state index >= 15 is 0 Å². The van der Waals surface area contributed by atoms with Crippen LogP contribution in [0.2, 0.25) is 10.0 Å². The molecule has 2 aliphatic rings. The summed E-state index contributed by atoms with van der Waals surface area (Å²) in [6.45, 7) is 1.33. The van der Waals surface area contributed by atoms with Crippen LogP contribution in [0.25, 0.3) is 5.57 Å². The second-order valence-electron chi connectivity index (χ2n) is 8.41. The van der Waals surface area contributed by atoms with Crippen LogP contribution in [0.15, 0.2) is 35.9 Å². The van der Waals surface area contributed by atoms with Crippen LogP contribution < -0.4 is 9.86 Å². The molecular weight excluding hydrogens is 512 g/mol. The van der Waals surface area contributed by atoms with Crippen LogP contribution >= 0.6 is 23.2 Å². The molecule has 0 radical (unpaired) electrons. The summed E-state index contributed by atoms with van der Waals surface area (Å²) in [5.74, 6) is 0. The smallest absolute Gasteiger partial charge is 0.295 e. The lowest BCUT2D eigenvalue weighted by Gasteiger charge is -2.37. The fourth-order valence-corrected chi connectivity index (χ4v) is 5.49. The number of pyridine rings is 1. The summed E-state index contributed by atoms with van der Waals surface area (Å²) in [6, 6.07) is 8.23. The number of hydrogen-bond acceptors (Lipinski definition) is 4. The summed E-state index contributed by atoms with van der Waals surface area (Å²) in [7, 11) is -3.89. The van der Waals surface area contributed by atoms with E-state index in [4.69, 9.17) is 28.3 Å². The largest absolute Gasteiger partial charge is 0.434 e. The first-order valence-corrected chi connectivity index (χ1v) is 13.0. The van der Waals surface area contributed by atoms with Crippen LogP contribution in [-0.2, 0) is 29.2 Å². The van der Waals surface area contributed by atoms with Crippen LogP contribution in [0.4, 0.5) is 13.2 Å². The third kappa shape index (κ3) is 5.75. The normalized spacial score (nSPS) is 18.8. The van der Waals surface area contributed by atoms with Gasteiger partial charge in [0.1, 0.15) is 0 Å². The molecule has 1 aromatic carbocycles. The van der Waals surface area contributed by atoms with Gasteiger partial charge in [-0.25, -0.2) is 14.8 Å². The molecule has 2 aromatic rings. The fraction of sp³-hybridized carbons (Fsp3) is 0.409. The van der Waals surface area contributed by atoms with Crippen LogP contribution in [0.1, 0.15) is 35.4 Å². The van der Waals surface area contributed by atoms with Crippen LogP contribution in [0.5, 0.6) is 0 Å². The Morgan fingerprint density at radius 2 is 1.97 bits per heavy atom. The van der Waals surface area contributed by atoms with E-state index < -0.39 is 27.1 Å². The molecule has 12 heteroatoms. The van der Waals surface area contributed by atoms with E-state index in [0.29, 0.717) is 43.1 Å². The van der Waals surface area contributed by atoms with Gasteiger partial charge in [-0.3, -0.25) is 4.90 Å². The van der Waals surface area contributed by atoms with Gasteiger partial charge in [0.2, 0.25) is 0 Å². The second kappa shape index (κ2) is 9.75. The van der Waals surface area contributed by atoms with Crippen molar-refractivity contribution < 1.29 is 21.6 Å². The highest BCUT2D eigenvalue weighted by Crippen LogP contribution is 2.42. The number of hydrogen-bond donors (Lipinski definition) is 2. The highest BCUT2D eigenvalue weighted by Gasteiger charge is 2.36. The lowest BCUT2D eigenvalue weighted by molar-refractivity contribution is -0.141. The van der Waals surface area contributed by atoms with E-state index in [2.05, 4.69) is 14.6 Å². The molecule has 1 aliphatic heterocycles. The number of fused-ring (bicyclic) bond motifs is 2. The zero-order valence-corrected chi connectivity index (χ0v) is 20.3. The number of rotatable bonds is 7. The van der Waals surface area contributed by atoms with Gasteiger partial charge in [0.05, 0.1) is 5.02 Å². The van der Waals surface area contributed by atoms with Crippen molar-refractivity contribution in [2.24, 2.45) is 5.14 Å². The zero-order valence-electron chi connectivity index (χ0n) is 18.0. The predicted molar refractivity (Wildman–Crippen MR) is 126 cm³/mol. The Hall–Kier alpha value is -1.69. The minimum atomic E-state index is -4.62. The molecule has 6 nitrogen and oxygen atoms in total. The number of nitrogens with one attached hydrogen (secondary N) is 1. The Morgan fingerprint density at radius 3 is 2.68 bits per heavy atom. The zero-order chi connectivity index (χ0) is 24.7. The van der Waals surface area contributed by atoms with Crippen molar-refractivity contribution in [2.45, 2.75) is 37.9 Å². The van der Waals surface area contributed by atoms with Crippen molar-refractivity contribution in [1.29, 1.82) is 0 Å². The number of aromatic nitrogens is 1. The monoisotopic (exact) mass is 534 g/mol. The van der Waals surface area contributed by atoms with Gasteiger partial charge in [0, 0.05) is 29.8 Å². The number of alkyl halides is 3. The second-order valence-corrected chi connectivity index (χ2v) is 10.6. The molecule has 2 heterocycles. The molecule has 1 aliphatic carbocycles. The van der Waals surface area contributed by atoms with Crippen LogP contribution in [-0.4, -0.2) is 44.0 Å². The van der Waals surface area contributed by atoms with Gasteiger partial charge in [-0.2, -0.15) is 21.6 Å². The predicted octanol–water partition coefficient (Wildman–Crippen LogP) is 4.22. The van der Waals surface area contributed by atoms with Crippen molar-refractivity contribution in [3.63, 3.8) is 0 Å². The molecule has 184 valence electrons. The Morgan fingerprint density at radius 1 is 1.21 bits per heavy atom. The molecule has 0 saturated heterocycles. The summed E-state index contributed by atoms with van der Waals surface area (Å²) >= 11 is 11.8. The van der Waals surface area contributed by atoms with E-state index in [1.54, 1.807) is 0 Å². The van der Waals surface area contributed by atoms with Gasteiger partial charge in [-0.1, -0.05) is 29.3 Å². The molecule has 1 unspecified atom stereocenters. The van der Waals surface area contributed by atoms with Crippen molar-refractivity contribution in [3.05, 3.63) is 68.5 Å². The maximum atomic E-state index is 13.1. The number of benzene rings is 1. The lowest BCUT2D eigenvalue weighted by atomic mass is 9.92. The molecule has 1 atom stereocenters. The van der Waals surface area contributed by atoms with E-state index in [1.807, 2.05) is 18.2 Å². The summed E-state index contributed by atoms with van der Waals surface area (Å²) in [5.41, 5.74) is 3.73.